The molecule has 1 amide bonds. The van der Waals surface area contributed by atoms with E-state index in [9.17, 15) is 9.59 Å². The van der Waals surface area contributed by atoms with Crippen LogP contribution in [-0.4, -0.2) is 43.2 Å². The first kappa shape index (κ1) is 18.4. The number of aromatic nitrogens is 4. The second-order valence-electron chi connectivity index (χ2n) is 7.40. The van der Waals surface area contributed by atoms with Gasteiger partial charge in [-0.2, -0.15) is 0 Å². The van der Waals surface area contributed by atoms with E-state index in [2.05, 4.69) is 26.9 Å². The van der Waals surface area contributed by atoms with Crippen molar-refractivity contribution < 1.29 is 9.21 Å². The van der Waals surface area contributed by atoms with E-state index >= 15 is 0 Å². The summed E-state index contributed by atoms with van der Waals surface area (Å²) in [5, 5.41) is 8.71. The zero-order valence-electron chi connectivity index (χ0n) is 16.4. The van der Waals surface area contributed by atoms with Crippen LogP contribution in [0.25, 0.3) is 11.1 Å². The molecule has 0 fully saturated rings. The first-order valence-electron chi connectivity index (χ1n) is 10.00. The van der Waals surface area contributed by atoms with Crippen molar-refractivity contribution >= 4 is 17.0 Å². The number of para-hydroxylation sites is 2. The van der Waals surface area contributed by atoms with Crippen molar-refractivity contribution in [2.75, 3.05) is 13.1 Å². The highest BCUT2D eigenvalue weighted by atomic mass is 16.4. The molecule has 0 saturated heterocycles. The Bertz CT molecular complexity index is 1250. The minimum absolute atomic E-state index is 0.0344. The Kier molecular flexibility index (Phi) is 4.66. The second-order valence-corrected chi connectivity index (χ2v) is 7.40. The quantitative estimate of drug-likeness (QED) is 0.519. The van der Waals surface area contributed by atoms with E-state index in [0.29, 0.717) is 43.6 Å². The van der Waals surface area contributed by atoms with Crippen molar-refractivity contribution in [1.82, 2.24) is 24.2 Å². The van der Waals surface area contributed by atoms with Gasteiger partial charge in [-0.1, -0.05) is 42.5 Å². The van der Waals surface area contributed by atoms with Gasteiger partial charge in [0.1, 0.15) is 18.2 Å². The van der Waals surface area contributed by atoms with Crippen LogP contribution in [0.1, 0.15) is 17.2 Å². The number of hydrogen-bond acceptors (Lipinski definition) is 5. The third-order valence-electron chi connectivity index (χ3n) is 5.53. The van der Waals surface area contributed by atoms with Crippen molar-refractivity contribution in [3.63, 3.8) is 0 Å². The van der Waals surface area contributed by atoms with Crippen LogP contribution in [0.15, 0.2) is 63.8 Å². The maximum absolute atomic E-state index is 12.9. The number of rotatable bonds is 4. The van der Waals surface area contributed by atoms with Gasteiger partial charge in [0, 0.05) is 32.5 Å². The molecule has 0 spiro atoms. The smallest absolute Gasteiger partial charge is 0.408 e. The maximum atomic E-state index is 12.9. The molecule has 8 nitrogen and oxygen atoms in total. The molecular weight excluding hydrogens is 382 g/mol. The number of fused-ring (bicyclic) bond motifs is 2. The largest absolute Gasteiger partial charge is 0.420 e. The van der Waals surface area contributed by atoms with Crippen molar-refractivity contribution in [3.8, 4) is 0 Å². The molecule has 0 saturated carbocycles. The SMILES string of the molecule is O=C(Cn1c(=O)oc2ccccc21)N1CCc2nnc(Cc3ccccc3)n2CC1. The van der Waals surface area contributed by atoms with Crippen LogP contribution in [0.2, 0.25) is 0 Å². The average Bonchev–Trinajstić information content (AvgIpc) is 3.20. The zero-order chi connectivity index (χ0) is 20.5. The third-order valence-corrected chi connectivity index (χ3v) is 5.53. The van der Waals surface area contributed by atoms with Gasteiger partial charge in [-0.3, -0.25) is 9.36 Å². The number of nitrogens with zero attached hydrogens (tertiary/aromatic N) is 5. The van der Waals surface area contributed by atoms with Crippen molar-refractivity contribution in [2.45, 2.75) is 25.9 Å². The molecule has 0 unspecified atom stereocenters. The molecule has 1 aliphatic heterocycles. The van der Waals surface area contributed by atoms with Gasteiger partial charge < -0.3 is 13.9 Å². The number of amides is 1. The van der Waals surface area contributed by atoms with Crippen LogP contribution in [0, 0.1) is 0 Å². The molecule has 1 aliphatic rings. The Morgan fingerprint density at radius 2 is 1.77 bits per heavy atom. The summed E-state index contributed by atoms with van der Waals surface area (Å²) in [6, 6.07) is 17.3. The molecule has 3 heterocycles. The lowest BCUT2D eigenvalue weighted by molar-refractivity contribution is -0.131. The molecule has 0 aliphatic carbocycles. The average molecular weight is 403 g/mol. The molecule has 2 aromatic heterocycles. The topological polar surface area (TPSA) is 86.2 Å². The van der Waals surface area contributed by atoms with Crippen LogP contribution in [0.4, 0.5) is 0 Å². The first-order chi connectivity index (χ1) is 14.7. The molecule has 30 heavy (non-hydrogen) atoms. The Labute approximate surface area is 172 Å². The van der Waals surface area contributed by atoms with Gasteiger partial charge in [0.05, 0.1) is 5.52 Å². The van der Waals surface area contributed by atoms with Crippen molar-refractivity contribution in [1.29, 1.82) is 0 Å². The Hall–Kier alpha value is -3.68. The predicted molar refractivity (Wildman–Crippen MR) is 110 cm³/mol. The molecule has 0 bridgehead atoms. The van der Waals surface area contributed by atoms with Crippen molar-refractivity contribution in [3.05, 3.63) is 82.4 Å². The van der Waals surface area contributed by atoms with Crippen LogP contribution in [0.3, 0.4) is 0 Å². The zero-order valence-corrected chi connectivity index (χ0v) is 16.4. The van der Waals surface area contributed by atoms with Crippen LogP contribution in [-0.2, 0) is 30.7 Å². The normalized spacial score (nSPS) is 13.9. The molecule has 152 valence electrons. The Morgan fingerprint density at radius 3 is 2.63 bits per heavy atom. The highest BCUT2D eigenvalue weighted by molar-refractivity contribution is 5.79. The lowest BCUT2D eigenvalue weighted by atomic mass is 10.1. The molecule has 0 radical (unpaired) electrons. The second kappa shape index (κ2) is 7.62. The van der Waals surface area contributed by atoms with Gasteiger partial charge >= 0.3 is 5.76 Å². The number of oxazole rings is 1. The minimum Gasteiger partial charge on any atom is -0.408 e. The standard InChI is InChI=1S/C22H21N5O3/c28-21(15-27-17-8-4-5-9-18(17)30-22(27)29)25-11-10-19-23-24-20(26(19)13-12-25)14-16-6-2-1-3-7-16/h1-9H,10-15H2. The van der Waals surface area contributed by atoms with E-state index < -0.39 is 5.76 Å². The van der Waals surface area contributed by atoms with Gasteiger partial charge in [0.15, 0.2) is 5.58 Å². The number of benzene rings is 2. The fourth-order valence-electron chi connectivity index (χ4n) is 3.94. The fraction of sp³-hybridized carbons (Fsp3) is 0.273. The molecule has 8 heteroatoms. The van der Waals surface area contributed by atoms with E-state index in [0.717, 1.165) is 11.6 Å². The summed E-state index contributed by atoms with van der Waals surface area (Å²) < 4.78 is 8.74. The Balaban J connectivity index is 1.31. The first-order valence-corrected chi connectivity index (χ1v) is 10.00. The summed E-state index contributed by atoms with van der Waals surface area (Å²) in [4.78, 5) is 26.9. The molecule has 5 rings (SSSR count). The highest BCUT2D eigenvalue weighted by Crippen LogP contribution is 2.15. The number of hydrogen-bond donors (Lipinski definition) is 0. The van der Waals surface area contributed by atoms with E-state index in [4.69, 9.17) is 4.42 Å². The van der Waals surface area contributed by atoms with E-state index in [1.165, 1.54) is 10.1 Å². The molecule has 2 aromatic carbocycles. The molecule has 4 aromatic rings. The molecule has 0 N–H and O–H groups in total. The maximum Gasteiger partial charge on any atom is 0.420 e. The lowest BCUT2D eigenvalue weighted by Gasteiger charge is -2.20. The number of carbonyl (C=O) groups is 1. The summed E-state index contributed by atoms with van der Waals surface area (Å²) >= 11 is 0. The summed E-state index contributed by atoms with van der Waals surface area (Å²) in [5.74, 6) is 1.18. The summed E-state index contributed by atoms with van der Waals surface area (Å²) in [5.41, 5.74) is 2.30. The Morgan fingerprint density at radius 1 is 0.967 bits per heavy atom. The van der Waals surface area contributed by atoms with Crippen molar-refractivity contribution in [2.24, 2.45) is 0 Å². The lowest BCUT2D eigenvalue weighted by Crippen LogP contribution is -2.37. The van der Waals surface area contributed by atoms with Crippen LogP contribution >= 0.6 is 0 Å². The van der Waals surface area contributed by atoms with Gasteiger partial charge in [0.2, 0.25) is 5.91 Å². The number of carbonyl (C=O) groups excluding carboxylic acids is 1. The van der Waals surface area contributed by atoms with Crippen LogP contribution in [0.5, 0.6) is 0 Å². The summed E-state index contributed by atoms with van der Waals surface area (Å²) in [6.07, 6.45) is 1.34. The monoisotopic (exact) mass is 403 g/mol. The fourth-order valence-corrected chi connectivity index (χ4v) is 3.94. The van der Waals surface area contributed by atoms with Gasteiger partial charge in [-0.15, -0.1) is 10.2 Å². The van der Waals surface area contributed by atoms with Crippen LogP contribution < -0.4 is 5.76 Å². The molecular formula is C22H21N5O3. The summed E-state index contributed by atoms with van der Waals surface area (Å²) in [6.45, 7) is 1.70. The van der Waals surface area contributed by atoms with Gasteiger partial charge in [-0.25, -0.2) is 4.79 Å². The minimum atomic E-state index is -0.512. The van der Waals surface area contributed by atoms with Gasteiger partial charge in [-0.05, 0) is 17.7 Å². The molecule has 0 atom stereocenters. The van der Waals surface area contributed by atoms with E-state index in [1.54, 1.807) is 23.1 Å². The van der Waals surface area contributed by atoms with E-state index in [1.807, 2.05) is 24.3 Å². The highest BCUT2D eigenvalue weighted by Gasteiger charge is 2.23. The summed E-state index contributed by atoms with van der Waals surface area (Å²) in [7, 11) is 0. The third kappa shape index (κ3) is 3.41. The van der Waals surface area contributed by atoms with Gasteiger partial charge in [0.25, 0.3) is 0 Å². The van der Waals surface area contributed by atoms with E-state index in [-0.39, 0.29) is 12.5 Å². The predicted octanol–water partition coefficient (Wildman–Crippen LogP) is 1.86.